The molecule has 0 amide bonds. The smallest absolute Gasteiger partial charge is 0.0723 e. The van der Waals surface area contributed by atoms with Crippen LogP contribution in [0, 0.1) is 0 Å². The molecule has 1 atom stereocenters. The predicted octanol–water partition coefficient (Wildman–Crippen LogP) is 2.09. The minimum absolute atomic E-state index is 0.180. The summed E-state index contributed by atoms with van der Waals surface area (Å²) in [6.07, 6.45) is 3.56. The van der Waals surface area contributed by atoms with Crippen molar-refractivity contribution < 1.29 is 4.74 Å². The molecule has 0 saturated carbocycles. The topological polar surface area (TPSA) is 24.5 Å². The first-order valence-corrected chi connectivity index (χ1v) is 7.73. The highest BCUT2D eigenvalue weighted by molar-refractivity contribution is 7.09. The summed E-state index contributed by atoms with van der Waals surface area (Å²) in [5.41, 5.74) is 0.180. The van der Waals surface area contributed by atoms with E-state index in [1.54, 1.807) is 0 Å². The standard InChI is InChI=1S/C14H22N2OS/c1-16(10-13-3-2-8-18-13)12-9-14(17-11-12)4-6-15-7-5-14/h2-3,8,12,15H,4-7,9-11H2,1H3/t12-/m1/s1. The molecule has 3 heterocycles. The number of nitrogens with zero attached hydrogens (tertiary/aromatic N) is 1. The largest absolute Gasteiger partial charge is 0.373 e. The molecule has 3 nitrogen and oxygen atoms in total. The summed E-state index contributed by atoms with van der Waals surface area (Å²) >= 11 is 1.84. The number of piperidine rings is 1. The number of rotatable bonds is 3. The zero-order chi connectivity index (χ0) is 12.4. The Bertz CT molecular complexity index is 373. The van der Waals surface area contributed by atoms with Crippen molar-refractivity contribution in [2.75, 3.05) is 26.7 Å². The average Bonchev–Trinajstić information content (AvgIpc) is 3.01. The van der Waals surface area contributed by atoms with Crippen LogP contribution in [0.5, 0.6) is 0 Å². The van der Waals surface area contributed by atoms with Crippen molar-refractivity contribution in [1.29, 1.82) is 0 Å². The number of hydrogen-bond acceptors (Lipinski definition) is 4. The maximum absolute atomic E-state index is 6.16. The summed E-state index contributed by atoms with van der Waals surface area (Å²) in [7, 11) is 2.23. The van der Waals surface area contributed by atoms with Gasteiger partial charge in [-0.3, -0.25) is 4.90 Å². The minimum Gasteiger partial charge on any atom is -0.373 e. The third-order valence-corrected chi connectivity index (χ3v) is 5.17. The van der Waals surface area contributed by atoms with Crippen LogP contribution in [0.15, 0.2) is 17.5 Å². The molecule has 3 rings (SSSR count). The maximum atomic E-state index is 6.16. The highest BCUT2D eigenvalue weighted by Gasteiger charge is 2.42. The fourth-order valence-electron chi connectivity index (χ4n) is 3.11. The quantitative estimate of drug-likeness (QED) is 0.906. The van der Waals surface area contributed by atoms with Gasteiger partial charge in [-0.2, -0.15) is 0 Å². The second-order valence-corrected chi connectivity index (χ2v) is 6.63. The van der Waals surface area contributed by atoms with Crippen LogP contribution in [-0.4, -0.2) is 43.3 Å². The van der Waals surface area contributed by atoms with Gasteiger partial charge < -0.3 is 10.1 Å². The summed E-state index contributed by atoms with van der Waals surface area (Å²) in [4.78, 5) is 3.91. The number of ether oxygens (including phenoxy) is 1. The lowest BCUT2D eigenvalue weighted by atomic mass is 9.88. The second-order valence-electron chi connectivity index (χ2n) is 5.60. The second kappa shape index (κ2) is 5.29. The third kappa shape index (κ3) is 2.62. The Hall–Kier alpha value is -0.420. The van der Waals surface area contributed by atoms with Crippen LogP contribution < -0.4 is 5.32 Å². The van der Waals surface area contributed by atoms with Gasteiger partial charge in [-0.1, -0.05) is 6.07 Å². The van der Waals surface area contributed by atoms with E-state index in [-0.39, 0.29) is 5.60 Å². The van der Waals surface area contributed by atoms with E-state index in [9.17, 15) is 0 Å². The van der Waals surface area contributed by atoms with Gasteiger partial charge in [-0.05, 0) is 50.8 Å². The molecule has 4 heteroatoms. The van der Waals surface area contributed by atoms with E-state index in [1.165, 1.54) is 24.1 Å². The highest BCUT2D eigenvalue weighted by Crippen LogP contribution is 2.36. The maximum Gasteiger partial charge on any atom is 0.0723 e. The number of nitrogens with one attached hydrogen (secondary N) is 1. The van der Waals surface area contributed by atoms with E-state index in [0.29, 0.717) is 6.04 Å². The van der Waals surface area contributed by atoms with Gasteiger partial charge in [0.2, 0.25) is 0 Å². The molecule has 1 aromatic rings. The normalized spacial score (nSPS) is 27.1. The van der Waals surface area contributed by atoms with E-state index in [2.05, 4.69) is 34.8 Å². The van der Waals surface area contributed by atoms with Crippen LogP contribution in [0.4, 0.5) is 0 Å². The first kappa shape index (κ1) is 12.6. The van der Waals surface area contributed by atoms with Crippen molar-refractivity contribution in [3.63, 3.8) is 0 Å². The fourth-order valence-corrected chi connectivity index (χ4v) is 3.88. The predicted molar refractivity (Wildman–Crippen MR) is 75.0 cm³/mol. The van der Waals surface area contributed by atoms with Gasteiger partial charge in [-0.25, -0.2) is 0 Å². The number of thiophene rings is 1. The lowest BCUT2D eigenvalue weighted by molar-refractivity contribution is -0.0201. The first-order chi connectivity index (χ1) is 8.77. The molecular formula is C14H22N2OS. The molecule has 100 valence electrons. The van der Waals surface area contributed by atoms with Gasteiger partial charge in [0.05, 0.1) is 12.2 Å². The molecule has 1 spiro atoms. The Kier molecular flexibility index (Phi) is 3.71. The molecule has 18 heavy (non-hydrogen) atoms. The zero-order valence-corrected chi connectivity index (χ0v) is 11.8. The van der Waals surface area contributed by atoms with Gasteiger partial charge in [0, 0.05) is 17.5 Å². The summed E-state index contributed by atoms with van der Waals surface area (Å²) in [5.74, 6) is 0. The van der Waals surface area contributed by atoms with Crippen LogP contribution in [0.3, 0.4) is 0 Å². The van der Waals surface area contributed by atoms with E-state index in [4.69, 9.17) is 4.74 Å². The molecule has 2 saturated heterocycles. The third-order valence-electron chi connectivity index (χ3n) is 4.31. The van der Waals surface area contributed by atoms with Crippen LogP contribution in [0.2, 0.25) is 0 Å². The molecule has 0 bridgehead atoms. The summed E-state index contributed by atoms with van der Waals surface area (Å²) in [6.45, 7) is 4.19. The Morgan fingerprint density at radius 3 is 3.06 bits per heavy atom. The van der Waals surface area contributed by atoms with Crippen LogP contribution in [-0.2, 0) is 11.3 Å². The van der Waals surface area contributed by atoms with Crippen LogP contribution in [0.25, 0.3) is 0 Å². The summed E-state index contributed by atoms with van der Waals surface area (Å²) in [6, 6.07) is 4.94. The number of hydrogen-bond donors (Lipinski definition) is 1. The molecule has 1 aromatic heterocycles. The Balaban J connectivity index is 1.57. The molecule has 1 N–H and O–H groups in total. The number of likely N-dealkylation sites (N-methyl/N-ethyl adjacent to an activating group) is 1. The van der Waals surface area contributed by atoms with E-state index in [1.807, 2.05) is 11.3 Å². The van der Waals surface area contributed by atoms with E-state index in [0.717, 1.165) is 26.2 Å². The van der Waals surface area contributed by atoms with Crippen LogP contribution >= 0.6 is 11.3 Å². The Morgan fingerprint density at radius 2 is 2.33 bits per heavy atom. The van der Waals surface area contributed by atoms with Crippen molar-refractivity contribution in [3.05, 3.63) is 22.4 Å². The highest BCUT2D eigenvalue weighted by atomic mass is 32.1. The molecular weight excluding hydrogens is 244 g/mol. The first-order valence-electron chi connectivity index (χ1n) is 6.85. The molecule has 2 aliphatic rings. The van der Waals surface area contributed by atoms with Gasteiger partial charge in [0.15, 0.2) is 0 Å². The van der Waals surface area contributed by atoms with Crippen molar-refractivity contribution >= 4 is 11.3 Å². The van der Waals surface area contributed by atoms with Gasteiger partial charge in [0.1, 0.15) is 0 Å². The monoisotopic (exact) mass is 266 g/mol. The van der Waals surface area contributed by atoms with Crippen molar-refractivity contribution in [1.82, 2.24) is 10.2 Å². The Labute approximate surface area is 113 Å². The SMILES string of the molecule is CN(Cc1cccs1)[C@H]1COC2(CCNCC2)C1. The lowest BCUT2D eigenvalue weighted by Gasteiger charge is -2.33. The molecule has 0 aliphatic carbocycles. The molecule has 0 unspecified atom stereocenters. The molecule has 0 radical (unpaired) electrons. The van der Waals surface area contributed by atoms with Crippen LogP contribution in [0.1, 0.15) is 24.1 Å². The zero-order valence-electron chi connectivity index (χ0n) is 11.0. The van der Waals surface area contributed by atoms with Gasteiger partial charge in [-0.15, -0.1) is 11.3 Å². The molecule has 2 aliphatic heterocycles. The molecule has 2 fully saturated rings. The summed E-state index contributed by atoms with van der Waals surface area (Å²) in [5, 5.41) is 5.58. The summed E-state index contributed by atoms with van der Waals surface area (Å²) < 4.78 is 6.16. The van der Waals surface area contributed by atoms with Gasteiger partial charge >= 0.3 is 0 Å². The fraction of sp³-hybridized carbons (Fsp3) is 0.714. The van der Waals surface area contributed by atoms with E-state index >= 15 is 0 Å². The van der Waals surface area contributed by atoms with Crippen molar-refractivity contribution in [2.45, 2.75) is 37.5 Å². The van der Waals surface area contributed by atoms with Crippen molar-refractivity contribution in [3.8, 4) is 0 Å². The average molecular weight is 266 g/mol. The Morgan fingerprint density at radius 1 is 1.50 bits per heavy atom. The van der Waals surface area contributed by atoms with Gasteiger partial charge in [0.25, 0.3) is 0 Å². The minimum atomic E-state index is 0.180. The van der Waals surface area contributed by atoms with E-state index < -0.39 is 0 Å². The molecule has 0 aromatic carbocycles. The lowest BCUT2D eigenvalue weighted by Crippen LogP contribution is -2.42. The van der Waals surface area contributed by atoms with Crippen molar-refractivity contribution in [2.24, 2.45) is 0 Å².